The van der Waals surface area contributed by atoms with Crippen LogP contribution < -0.4 is 0 Å². The third-order valence-electron chi connectivity index (χ3n) is 4.52. The molecule has 0 spiro atoms. The fraction of sp³-hybridized carbons (Fsp3) is 0.238. The molecule has 134 valence electrons. The Balaban J connectivity index is 1.78. The zero-order valence-corrected chi connectivity index (χ0v) is 15.2. The van der Waals surface area contributed by atoms with Crippen LogP contribution in [0.25, 0.3) is 33.0 Å². The number of hydrogen-bond acceptors (Lipinski definition) is 2. The van der Waals surface area contributed by atoms with Gasteiger partial charge in [0.2, 0.25) is 0 Å². The predicted molar refractivity (Wildman–Crippen MR) is 109 cm³/mol. The summed E-state index contributed by atoms with van der Waals surface area (Å²) in [5.41, 5.74) is 23.3. The molecule has 1 fully saturated rings. The summed E-state index contributed by atoms with van der Waals surface area (Å²) in [6, 6.07) is 15.3. The van der Waals surface area contributed by atoms with Gasteiger partial charge in [-0.3, -0.25) is 0 Å². The summed E-state index contributed by atoms with van der Waals surface area (Å²) in [7, 11) is 0. The summed E-state index contributed by atoms with van der Waals surface area (Å²) in [5, 5.41) is 7.22. The molecule has 6 heteroatoms. The minimum Gasteiger partial charge on any atom is -0.0653 e. The minimum atomic E-state index is 0.598. The standard InChI is InChI=1S/C21H20N6/c1-15-10-18(12-16-2-6-20(7-3-16)24-26-22)14-19(11-15)13-17-4-8-21(9-5-17)25-27-23/h2-9,12-13,15H,10-11,14H2,1H3/b18-12-,19-13+. The lowest BCUT2D eigenvalue weighted by molar-refractivity contribution is 0.528. The third-order valence-corrected chi connectivity index (χ3v) is 4.52. The van der Waals surface area contributed by atoms with E-state index < -0.39 is 0 Å². The fourth-order valence-electron chi connectivity index (χ4n) is 3.47. The fourth-order valence-corrected chi connectivity index (χ4v) is 3.47. The van der Waals surface area contributed by atoms with E-state index in [1.165, 1.54) is 11.1 Å². The van der Waals surface area contributed by atoms with Gasteiger partial charge in [-0.25, -0.2) is 0 Å². The molecular weight excluding hydrogens is 336 g/mol. The van der Waals surface area contributed by atoms with Crippen molar-refractivity contribution in [3.05, 3.63) is 91.7 Å². The van der Waals surface area contributed by atoms with E-state index in [1.807, 2.05) is 48.5 Å². The molecule has 0 bridgehead atoms. The summed E-state index contributed by atoms with van der Waals surface area (Å²) in [6.45, 7) is 2.27. The number of allylic oxidation sites excluding steroid dienone is 2. The van der Waals surface area contributed by atoms with Gasteiger partial charge in [0, 0.05) is 21.2 Å². The Morgan fingerprint density at radius 2 is 1.19 bits per heavy atom. The van der Waals surface area contributed by atoms with Crippen molar-refractivity contribution in [2.45, 2.75) is 26.2 Å². The maximum atomic E-state index is 8.49. The van der Waals surface area contributed by atoms with Gasteiger partial charge in [-0.2, -0.15) is 0 Å². The van der Waals surface area contributed by atoms with Crippen molar-refractivity contribution in [3.63, 3.8) is 0 Å². The summed E-state index contributed by atoms with van der Waals surface area (Å²) >= 11 is 0. The van der Waals surface area contributed by atoms with Crippen LogP contribution >= 0.6 is 0 Å². The van der Waals surface area contributed by atoms with Crippen molar-refractivity contribution >= 4 is 23.5 Å². The lowest BCUT2D eigenvalue weighted by atomic mass is 9.82. The van der Waals surface area contributed by atoms with E-state index in [2.05, 4.69) is 39.1 Å². The highest BCUT2D eigenvalue weighted by molar-refractivity contribution is 5.60. The Morgan fingerprint density at radius 1 is 0.778 bits per heavy atom. The van der Waals surface area contributed by atoms with E-state index in [0.29, 0.717) is 17.3 Å². The molecule has 3 rings (SSSR count). The first kappa shape index (κ1) is 18.3. The quantitative estimate of drug-likeness (QED) is 0.302. The van der Waals surface area contributed by atoms with Crippen LogP contribution in [0.2, 0.25) is 0 Å². The maximum absolute atomic E-state index is 8.49. The van der Waals surface area contributed by atoms with Crippen LogP contribution in [-0.2, 0) is 0 Å². The lowest BCUT2D eigenvalue weighted by Gasteiger charge is -2.24. The monoisotopic (exact) mass is 356 g/mol. The van der Waals surface area contributed by atoms with Gasteiger partial charge >= 0.3 is 0 Å². The smallest absolute Gasteiger partial charge is 0.0375 e. The molecule has 0 amide bonds. The van der Waals surface area contributed by atoms with Gasteiger partial charge in [0.05, 0.1) is 0 Å². The lowest BCUT2D eigenvalue weighted by Crippen LogP contribution is -2.07. The van der Waals surface area contributed by atoms with Gasteiger partial charge in [-0.05, 0) is 47.4 Å². The largest absolute Gasteiger partial charge is 0.0653 e. The van der Waals surface area contributed by atoms with E-state index in [-0.39, 0.29) is 0 Å². The molecule has 0 aromatic heterocycles. The molecule has 0 aliphatic heterocycles. The van der Waals surface area contributed by atoms with Gasteiger partial charge in [0.1, 0.15) is 0 Å². The molecule has 6 nitrogen and oxygen atoms in total. The van der Waals surface area contributed by atoms with Crippen molar-refractivity contribution in [1.82, 2.24) is 0 Å². The van der Waals surface area contributed by atoms with Gasteiger partial charge in [-0.15, -0.1) is 0 Å². The molecule has 1 aliphatic rings. The number of benzene rings is 2. The molecule has 0 saturated heterocycles. The summed E-state index contributed by atoms with van der Waals surface area (Å²) in [4.78, 5) is 5.61. The number of hydrogen-bond donors (Lipinski definition) is 0. The first-order chi connectivity index (χ1) is 13.2. The summed E-state index contributed by atoms with van der Waals surface area (Å²) in [5.74, 6) is 0.598. The van der Waals surface area contributed by atoms with Gasteiger partial charge < -0.3 is 0 Å². The van der Waals surface area contributed by atoms with Gasteiger partial charge in [0.25, 0.3) is 0 Å². The predicted octanol–water partition coefficient (Wildman–Crippen LogP) is 7.86. The summed E-state index contributed by atoms with van der Waals surface area (Å²) < 4.78 is 0. The molecule has 0 radical (unpaired) electrons. The molecule has 2 aromatic carbocycles. The number of azide groups is 2. The van der Waals surface area contributed by atoms with E-state index in [1.54, 1.807) is 0 Å². The molecule has 1 atom stereocenters. The highest BCUT2D eigenvalue weighted by Crippen LogP contribution is 2.34. The Labute approximate surface area is 158 Å². The third kappa shape index (κ3) is 5.25. The van der Waals surface area contributed by atoms with E-state index in [4.69, 9.17) is 11.1 Å². The topological polar surface area (TPSA) is 97.5 Å². The van der Waals surface area contributed by atoms with E-state index in [0.717, 1.165) is 30.4 Å². The van der Waals surface area contributed by atoms with Crippen LogP contribution in [0.5, 0.6) is 0 Å². The molecule has 1 aliphatic carbocycles. The average Bonchev–Trinajstić information content (AvgIpc) is 2.65. The van der Waals surface area contributed by atoms with Crippen molar-refractivity contribution in [2.24, 2.45) is 16.1 Å². The zero-order chi connectivity index (χ0) is 19.1. The molecule has 1 saturated carbocycles. The van der Waals surface area contributed by atoms with Crippen LogP contribution in [0.3, 0.4) is 0 Å². The normalized spacial score (nSPS) is 19.4. The van der Waals surface area contributed by atoms with Crippen LogP contribution in [0, 0.1) is 5.92 Å². The Hall–Kier alpha value is -3.46. The maximum Gasteiger partial charge on any atom is 0.0375 e. The first-order valence-corrected chi connectivity index (χ1v) is 8.85. The molecular formula is C21H20N6. The molecule has 1 unspecified atom stereocenters. The SMILES string of the molecule is CC1C/C(=C/c2ccc(N=[N+]=[N-])cc2)C/C(=C/c2ccc(N=[N+]=[N-])cc2)C1. The van der Waals surface area contributed by atoms with Crippen LogP contribution in [0.1, 0.15) is 37.3 Å². The Kier molecular flexibility index (Phi) is 5.95. The second kappa shape index (κ2) is 8.77. The minimum absolute atomic E-state index is 0.598. The second-order valence-electron chi connectivity index (χ2n) is 6.86. The summed E-state index contributed by atoms with van der Waals surface area (Å²) in [6.07, 6.45) is 7.60. The molecule has 0 heterocycles. The second-order valence-corrected chi connectivity index (χ2v) is 6.86. The highest BCUT2D eigenvalue weighted by Gasteiger charge is 2.17. The van der Waals surface area contributed by atoms with Crippen molar-refractivity contribution in [1.29, 1.82) is 0 Å². The van der Waals surface area contributed by atoms with Crippen LogP contribution in [-0.4, -0.2) is 0 Å². The molecule has 27 heavy (non-hydrogen) atoms. The van der Waals surface area contributed by atoms with Crippen LogP contribution in [0.15, 0.2) is 69.9 Å². The van der Waals surface area contributed by atoms with Crippen molar-refractivity contribution in [3.8, 4) is 0 Å². The van der Waals surface area contributed by atoms with Gasteiger partial charge in [0.15, 0.2) is 0 Å². The number of nitrogens with zero attached hydrogens (tertiary/aromatic N) is 6. The Bertz CT molecular complexity index is 877. The van der Waals surface area contributed by atoms with E-state index in [9.17, 15) is 0 Å². The number of rotatable bonds is 4. The molecule has 2 aromatic rings. The van der Waals surface area contributed by atoms with Crippen molar-refractivity contribution < 1.29 is 0 Å². The van der Waals surface area contributed by atoms with Crippen molar-refractivity contribution in [2.75, 3.05) is 0 Å². The average molecular weight is 356 g/mol. The highest BCUT2D eigenvalue weighted by atomic mass is 15.1. The van der Waals surface area contributed by atoms with Crippen LogP contribution in [0.4, 0.5) is 11.4 Å². The Morgan fingerprint density at radius 3 is 1.56 bits per heavy atom. The van der Waals surface area contributed by atoms with Gasteiger partial charge in [-0.1, -0.05) is 89.0 Å². The first-order valence-electron chi connectivity index (χ1n) is 8.85. The molecule has 0 N–H and O–H groups in total. The zero-order valence-electron chi connectivity index (χ0n) is 15.2. The van der Waals surface area contributed by atoms with E-state index >= 15 is 0 Å².